The van der Waals surface area contributed by atoms with E-state index in [1.54, 1.807) is 24.7 Å². The van der Waals surface area contributed by atoms with Crippen LogP contribution in [0.5, 0.6) is 0 Å². The predicted octanol–water partition coefficient (Wildman–Crippen LogP) is 3.21. The van der Waals surface area contributed by atoms with Gasteiger partial charge in [-0.05, 0) is 47.3 Å². The van der Waals surface area contributed by atoms with E-state index in [1.165, 1.54) is 0 Å². The highest BCUT2D eigenvalue weighted by atomic mass is 79.9. The van der Waals surface area contributed by atoms with Crippen molar-refractivity contribution in [3.63, 3.8) is 0 Å². The molecule has 4 heterocycles. The minimum absolute atomic E-state index is 0.141. The third kappa shape index (κ3) is 3.54. The van der Waals surface area contributed by atoms with Crippen LogP contribution in [0.4, 0.5) is 11.4 Å². The van der Waals surface area contributed by atoms with Crippen LogP contribution in [0.3, 0.4) is 0 Å². The lowest BCUT2D eigenvalue weighted by atomic mass is 10.1. The van der Waals surface area contributed by atoms with E-state index in [1.807, 2.05) is 13.0 Å². The van der Waals surface area contributed by atoms with Gasteiger partial charge in [0.1, 0.15) is 11.3 Å². The number of anilines is 2. The lowest BCUT2D eigenvalue weighted by Crippen LogP contribution is -2.43. The topological polar surface area (TPSA) is 99.9 Å². The molecule has 1 aliphatic heterocycles. The average molecular weight is 429 g/mol. The molecule has 0 unspecified atom stereocenters. The highest BCUT2D eigenvalue weighted by Gasteiger charge is 2.24. The molecule has 1 saturated heterocycles. The Morgan fingerprint density at radius 2 is 2.22 bits per heavy atom. The fourth-order valence-electron chi connectivity index (χ4n) is 3.47. The molecule has 1 fully saturated rings. The molecule has 1 aliphatic rings. The monoisotopic (exact) mass is 428 g/mol. The van der Waals surface area contributed by atoms with Gasteiger partial charge in [0.05, 0.1) is 21.2 Å². The molecule has 4 N–H and O–H groups in total. The second-order valence-electron chi connectivity index (χ2n) is 6.90. The normalized spacial score (nSPS) is 17.3. The Balaban J connectivity index is 1.72. The Bertz CT molecular complexity index is 984. The number of nitrogens with two attached hydrogens (primary N) is 1. The van der Waals surface area contributed by atoms with Crippen LogP contribution in [0.1, 0.15) is 28.9 Å². The van der Waals surface area contributed by atoms with Gasteiger partial charge in [0.2, 0.25) is 0 Å². The summed E-state index contributed by atoms with van der Waals surface area (Å²) in [7, 11) is 0. The molecule has 0 radical (unpaired) electrons. The zero-order chi connectivity index (χ0) is 19.0. The van der Waals surface area contributed by atoms with Crippen LogP contribution in [-0.2, 0) is 0 Å². The van der Waals surface area contributed by atoms with Crippen LogP contribution in [-0.4, -0.2) is 40.0 Å². The maximum absolute atomic E-state index is 12.6. The summed E-state index contributed by atoms with van der Waals surface area (Å²) < 4.78 is 0.882. The Kier molecular flexibility index (Phi) is 4.84. The first-order valence-electron chi connectivity index (χ1n) is 8.93. The van der Waals surface area contributed by atoms with Gasteiger partial charge in [-0.15, -0.1) is 0 Å². The number of carbonyl (C=O) groups excluding carboxylic acids is 1. The highest BCUT2D eigenvalue weighted by molar-refractivity contribution is 9.10. The molecule has 140 valence electrons. The molecule has 7 nitrogen and oxygen atoms in total. The number of hydrogen-bond donors (Lipinski definition) is 3. The van der Waals surface area contributed by atoms with E-state index in [0.717, 1.165) is 52.7 Å². The first-order valence-corrected chi connectivity index (χ1v) is 9.72. The van der Waals surface area contributed by atoms with Crippen molar-refractivity contribution >= 4 is 44.2 Å². The smallest absolute Gasteiger partial charge is 0.274 e. The van der Waals surface area contributed by atoms with Crippen molar-refractivity contribution in [3.05, 3.63) is 46.5 Å². The van der Waals surface area contributed by atoms with E-state index in [4.69, 9.17) is 5.73 Å². The Labute approximate surface area is 165 Å². The Morgan fingerprint density at radius 3 is 2.96 bits per heavy atom. The summed E-state index contributed by atoms with van der Waals surface area (Å²) in [6, 6.07) is 3.73. The van der Waals surface area contributed by atoms with Crippen LogP contribution in [0.2, 0.25) is 0 Å². The van der Waals surface area contributed by atoms with Gasteiger partial charge in [-0.25, -0.2) is 4.98 Å². The number of nitrogens with zero attached hydrogens (tertiary/aromatic N) is 3. The quantitative estimate of drug-likeness (QED) is 0.594. The average Bonchev–Trinajstić information content (AvgIpc) is 3.05. The number of aromatic amines is 1. The van der Waals surface area contributed by atoms with Crippen LogP contribution in [0.15, 0.2) is 35.2 Å². The van der Waals surface area contributed by atoms with Crippen molar-refractivity contribution in [2.75, 3.05) is 23.3 Å². The molecule has 3 aromatic rings. The van der Waals surface area contributed by atoms with Crippen molar-refractivity contribution in [1.29, 1.82) is 0 Å². The minimum Gasteiger partial charge on any atom is -0.368 e. The third-order valence-corrected chi connectivity index (χ3v) is 5.38. The number of aromatic nitrogens is 3. The standard InChI is InChI=1S/C19H21BrN6O/c1-11-4-5-14(22-7-11)19(27)25-15-9-24-18-16(15)17(13(20)8-23-18)26-6-2-3-12(21)10-26/h4-5,7-9,12H,2-3,6,10,21H2,1H3,(H,23,24)(H,25,27)/t12-/m1/s1. The van der Waals surface area contributed by atoms with E-state index in [9.17, 15) is 4.79 Å². The van der Waals surface area contributed by atoms with Crippen molar-refractivity contribution in [2.45, 2.75) is 25.8 Å². The van der Waals surface area contributed by atoms with Crippen molar-refractivity contribution in [1.82, 2.24) is 15.0 Å². The zero-order valence-electron chi connectivity index (χ0n) is 15.0. The number of fused-ring (bicyclic) bond motifs is 1. The molecular formula is C19H21BrN6O. The van der Waals surface area contributed by atoms with E-state index in [-0.39, 0.29) is 11.9 Å². The first kappa shape index (κ1) is 17.9. The molecule has 1 atom stereocenters. The van der Waals surface area contributed by atoms with E-state index < -0.39 is 0 Å². The van der Waals surface area contributed by atoms with Crippen LogP contribution in [0.25, 0.3) is 11.0 Å². The molecule has 0 bridgehead atoms. The van der Waals surface area contributed by atoms with Gasteiger partial charge >= 0.3 is 0 Å². The van der Waals surface area contributed by atoms with Gasteiger partial charge in [-0.1, -0.05) is 6.07 Å². The summed E-state index contributed by atoms with van der Waals surface area (Å²) >= 11 is 3.63. The fourth-order valence-corrected chi connectivity index (χ4v) is 4.02. The molecular weight excluding hydrogens is 408 g/mol. The van der Waals surface area contributed by atoms with Crippen molar-refractivity contribution in [3.8, 4) is 0 Å². The summed E-state index contributed by atoms with van der Waals surface area (Å²) in [5.74, 6) is -0.253. The lowest BCUT2D eigenvalue weighted by Gasteiger charge is -2.33. The molecule has 0 aliphatic carbocycles. The van der Waals surface area contributed by atoms with Gasteiger partial charge < -0.3 is 20.9 Å². The van der Waals surface area contributed by atoms with Gasteiger partial charge in [-0.3, -0.25) is 9.78 Å². The van der Waals surface area contributed by atoms with E-state index in [2.05, 4.69) is 41.1 Å². The zero-order valence-corrected chi connectivity index (χ0v) is 16.6. The van der Waals surface area contributed by atoms with E-state index in [0.29, 0.717) is 11.4 Å². The number of piperidine rings is 1. The number of carbonyl (C=O) groups is 1. The third-order valence-electron chi connectivity index (χ3n) is 4.80. The summed E-state index contributed by atoms with van der Waals surface area (Å²) in [6.07, 6.45) is 7.29. The number of aryl methyl sites for hydroxylation is 1. The minimum atomic E-state index is -0.253. The Morgan fingerprint density at radius 1 is 1.37 bits per heavy atom. The Hall–Kier alpha value is -2.45. The van der Waals surface area contributed by atoms with Crippen LogP contribution in [0, 0.1) is 6.92 Å². The molecule has 27 heavy (non-hydrogen) atoms. The van der Waals surface area contributed by atoms with E-state index >= 15 is 0 Å². The summed E-state index contributed by atoms with van der Waals surface area (Å²) in [4.78, 5) is 26.7. The van der Waals surface area contributed by atoms with Gasteiger partial charge in [0, 0.05) is 37.7 Å². The molecule has 0 aromatic carbocycles. The molecule has 4 rings (SSSR count). The van der Waals surface area contributed by atoms with Gasteiger partial charge in [-0.2, -0.15) is 0 Å². The number of hydrogen-bond acceptors (Lipinski definition) is 5. The SMILES string of the molecule is Cc1ccc(C(=O)Nc2c[nH]c3ncc(Br)c(N4CCC[C@@H](N)C4)c23)nc1. The molecule has 8 heteroatoms. The van der Waals surface area contributed by atoms with Crippen LogP contribution < -0.4 is 16.0 Å². The van der Waals surface area contributed by atoms with Crippen molar-refractivity contribution < 1.29 is 4.79 Å². The number of rotatable bonds is 3. The molecule has 3 aromatic heterocycles. The maximum atomic E-state index is 12.6. The molecule has 1 amide bonds. The lowest BCUT2D eigenvalue weighted by molar-refractivity contribution is 0.102. The van der Waals surface area contributed by atoms with Crippen molar-refractivity contribution in [2.24, 2.45) is 5.73 Å². The second-order valence-corrected chi connectivity index (χ2v) is 7.76. The second kappa shape index (κ2) is 7.28. The highest BCUT2D eigenvalue weighted by Crippen LogP contribution is 2.38. The number of halogens is 1. The molecule has 0 saturated carbocycles. The maximum Gasteiger partial charge on any atom is 0.274 e. The number of H-pyrrole nitrogens is 1. The molecule has 0 spiro atoms. The van der Waals surface area contributed by atoms with Crippen LogP contribution >= 0.6 is 15.9 Å². The summed E-state index contributed by atoms with van der Waals surface area (Å²) in [5.41, 5.74) is 9.97. The largest absolute Gasteiger partial charge is 0.368 e. The summed E-state index contributed by atoms with van der Waals surface area (Å²) in [6.45, 7) is 3.63. The van der Waals surface area contributed by atoms with Gasteiger partial charge in [0.15, 0.2) is 0 Å². The number of amides is 1. The number of nitrogens with one attached hydrogen (secondary N) is 2. The predicted molar refractivity (Wildman–Crippen MR) is 110 cm³/mol. The fraction of sp³-hybridized carbons (Fsp3) is 0.316. The van der Waals surface area contributed by atoms with Gasteiger partial charge in [0.25, 0.3) is 5.91 Å². The first-order chi connectivity index (χ1) is 13.0. The summed E-state index contributed by atoms with van der Waals surface area (Å²) in [5, 5.41) is 3.84. The number of pyridine rings is 2.